The molecule has 0 amide bonds. The monoisotopic (exact) mass is 498 g/mol. The maximum Gasteiger partial charge on any atom is 0.338 e. The van der Waals surface area contributed by atoms with Gasteiger partial charge in [0.15, 0.2) is 10.8 Å². The fourth-order valence-electron chi connectivity index (χ4n) is 3.84. The number of amidine groups is 1. The number of esters is 1. The van der Waals surface area contributed by atoms with E-state index in [-0.39, 0.29) is 29.3 Å². The van der Waals surface area contributed by atoms with E-state index in [0.717, 1.165) is 0 Å². The van der Waals surface area contributed by atoms with Gasteiger partial charge in [0.05, 0.1) is 23.5 Å². The fourth-order valence-corrected chi connectivity index (χ4v) is 5.54. The zero-order valence-electron chi connectivity index (χ0n) is 17.2. The second kappa shape index (κ2) is 8.89. The Morgan fingerprint density at radius 2 is 2.22 bits per heavy atom. The minimum Gasteiger partial charge on any atom is -0.466 e. The average molecular weight is 499 g/mol. The van der Waals surface area contributed by atoms with Crippen LogP contribution in [-0.2, 0) is 19.6 Å². The van der Waals surface area contributed by atoms with Crippen LogP contribution in [0, 0.1) is 5.82 Å². The molecule has 0 spiro atoms. The molecule has 1 saturated heterocycles. The van der Waals surface area contributed by atoms with Crippen LogP contribution >= 0.6 is 22.9 Å². The zero-order valence-corrected chi connectivity index (χ0v) is 19.6. The third kappa shape index (κ3) is 4.17. The first-order valence-corrected chi connectivity index (χ1v) is 12.7. The Labute approximate surface area is 193 Å². The number of benzene rings is 1. The van der Waals surface area contributed by atoms with Crippen molar-refractivity contribution in [2.75, 3.05) is 19.4 Å². The third-order valence-corrected chi connectivity index (χ3v) is 7.91. The number of nitrogens with zero attached hydrogens (tertiary/aromatic N) is 3. The molecule has 1 fully saturated rings. The van der Waals surface area contributed by atoms with Gasteiger partial charge < -0.3 is 9.64 Å². The molecule has 1 aromatic carbocycles. The number of aliphatic imine (C=N–C) groups is 1. The van der Waals surface area contributed by atoms with Gasteiger partial charge in [-0.3, -0.25) is 4.99 Å². The van der Waals surface area contributed by atoms with Crippen LogP contribution in [-0.4, -0.2) is 55.6 Å². The third-order valence-electron chi connectivity index (χ3n) is 5.29. The Hall–Kier alpha value is -2.34. The topological polar surface area (TPSA) is 101 Å². The smallest absolute Gasteiger partial charge is 0.338 e. The summed E-state index contributed by atoms with van der Waals surface area (Å²) >= 11 is 7.60. The highest BCUT2D eigenvalue weighted by molar-refractivity contribution is 7.89. The number of methoxy groups -OCH3 is 1. The summed E-state index contributed by atoms with van der Waals surface area (Å²) in [7, 11) is -2.23. The summed E-state index contributed by atoms with van der Waals surface area (Å²) in [6.45, 7) is 1.81. The number of carbonyl (C=O) groups is 1. The number of ether oxygens (including phenoxy) is 1. The summed E-state index contributed by atoms with van der Waals surface area (Å²) in [5.74, 6) is -0.879. The summed E-state index contributed by atoms with van der Waals surface area (Å²) in [5.41, 5.74) is 1.05. The van der Waals surface area contributed by atoms with Crippen LogP contribution in [0.25, 0.3) is 0 Å². The summed E-state index contributed by atoms with van der Waals surface area (Å²) in [6, 6.07) is 2.90. The molecule has 8 nitrogen and oxygen atoms in total. The van der Waals surface area contributed by atoms with Crippen LogP contribution in [0.5, 0.6) is 0 Å². The molecule has 32 heavy (non-hydrogen) atoms. The Kier molecular flexibility index (Phi) is 6.35. The summed E-state index contributed by atoms with van der Waals surface area (Å²) in [5, 5.41) is 2.23. The van der Waals surface area contributed by atoms with Gasteiger partial charge in [-0.05, 0) is 13.0 Å². The van der Waals surface area contributed by atoms with E-state index in [2.05, 4.69) is 9.71 Å². The minimum atomic E-state index is -3.48. The van der Waals surface area contributed by atoms with E-state index in [4.69, 9.17) is 21.3 Å². The van der Waals surface area contributed by atoms with Crippen molar-refractivity contribution in [3.8, 4) is 0 Å². The number of hydrogen-bond donors (Lipinski definition) is 1. The van der Waals surface area contributed by atoms with Gasteiger partial charge in [0.1, 0.15) is 11.9 Å². The number of aromatic nitrogens is 1. The van der Waals surface area contributed by atoms with Crippen LogP contribution in [0.3, 0.4) is 0 Å². The van der Waals surface area contributed by atoms with Crippen molar-refractivity contribution in [3.63, 3.8) is 0 Å². The second-order valence-electron chi connectivity index (χ2n) is 7.22. The van der Waals surface area contributed by atoms with Crippen LogP contribution in [0.2, 0.25) is 5.02 Å². The van der Waals surface area contributed by atoms with E-state index in [1.54, 1.807) is 29.5 Å². The first-order chi connectivity index (χ1) is 15.3. The van der Waals surface area contributed by atoms with Gasteiger partial charge in [-0.2, -0.15) is 0 Å². The molecule has 1 aromatic heterocycles. The van der Waals surface area contributed by atoms with Crippen molar-refractivity contribution in [1.82, 2.24) is 14.6 Å². The average Bonchev–Trinajstić information content (AvgIpc) is 3.44. The summed E-state index contributed by atoms with van der Waals surface area (Å²) < 4.78 is 46.3. The number of carbonyl (C=O) groups excluding carboxylic acids is 1. The van der Waals surface area contributed by atoms with E-state index >= 15 is 0 Å². The van der Waals surface area contributed by atoms with Gasteiger partial charge in [0.25, 0.3) is 0 Å². The molecule has 2 aromatic rings. The van der Waals surface area contributed by atoms with E-state index < -0.39 is 33.9 Å². The number of halogens is 2. The van der Waals surface area contributed by atoms with E-state index in [1.165, 1.54) is 30.6 Å². The van der Waals surface area contributed by atoms with Crippen LogP contribution in [0.15, 0.2) is 46.0 Å². The number of fused-ring (bicyclic) bond motifs is 1. The van der Waals surface area contributed by atoms with Crippen molar-refractivity contribution < 1.29 is 22.3 Å². The quantitative estimate of drug-likeness (QED) is 0.614. The molecule has 2 aliphatic rings. The maximum absolute atomic E-state index is 14.3. The highest BCUT2D eigenvalue weighted by Crippen LogP contribution is 2.42. The van der Waals surface area contributed by atoms with Crippen molar-refractivity contribution in [2.24, 2.45) is 4.99 Å². The Morgan fingerprint density at radius 3 is 2.88 bits per heavy atom. The molecule has 0 radical (unpaired) electrons. The van der Waals surface area contributed by atoms with Crippen molar-refractivity contribution in [2.45, 2.75) is 25.4 Å². The minimum absolute atomic E-state index is 0.0681. The lowest BCUT2D eigenvalue weighted by Crippen LogP contribution is -2.40. The van der Waals surface area contributed by atoms with Gasteiger partial charge in [0.2, 0.25) is 10.0 Å². The van der Waals surface area contributed by atoms with E-state index in [1.807, 2.05) is 0 Å². The molecule has 0 aliphatic carbocycles. The Morgan fingerprint density at radius 1 is 1.44 bits per heavy atom. The van der Waals surface area contributed by atoms with Gasteiger partial charge in [-0.25, -0.2) is 27.3 Å². The van der Waals surface area contributed by atoms with Gasteiger partial charge >= 0.3 is 5.97 Å². The second-order valence-corrected chi connectivity index (χ2v) is 10.5. The highest BCUT2D eigenvalue weighted by Gasteiger charge is 2.43. The molecule has 2 atom stereocenters. The van der Waals surface area contributed by atoms with Gasteiger partial charge in [0, 0.05) is 41.8 Å². The molecule has 0 saturated carbocycles. The zero-order chi connectivity index (χ0) is 23.0. The van der Waals surface area contributed by atoms with Crippen molar-refractivity contribution >= 4 is 44.8 Å². The fraction of sp³-hybridized carbons (Fsp3) is 0.350. The predicted molar refractivity (Wildman–Crippen MR) is 120 cm³/mol. The van der Waals surface area contributed by atoms with Crippen LogP contribution in [0.1, 0.15) is 30.0 Å². The van der Waals surface area contributed by atoms with Crippen molar-refractivity contribution in [1.29, 1.82) is 0 Å². The standard InChI is InChI=1S/C20H20ClFN4O4S2/c1-3-32(28,29)25-11-9-14-15(20(27)30-2)17(12-5-4-6-13(22)16(12)21)24-18(26(14)10-11)19-23-7-8-31-19/h4-8,11,17,25H,3,9-10H2,1-2H3/t11-,17?/m0/s1. The van der Waals surface area contributed by atoms with E-state index in [9.17, 15) is 17.6 Å². The molecule has 1 N–H and O–H groups in total. The molecule has 2 aliphatic heterocycles. The maximum atomic E-state index is 14.3. The molecule has 0 bridgehead atoms. The Balaban J connectivity index is 1.89. The van der Waals surface area contributed by atoms with Gasteiger partial charge in [-0.1, -0.05) is 23.7 Å². The number of nitrogens with one attached hydrogen (secondary N) is 1. The lowest BCUT2D eigenvalue weighted by molar-refractivity contribution is -0.136. The lowest BCUT2D eigenvalue weighted by atomic mass is 9.94. The predicted octanol–water partition coefficient (Wildman–Crippen LogP) is 2.88. The first-order valence-electron chi connectivity index (χ1n) is 9.76. The normalized spacial score (nSPS) is 20.9. The number of sulfonamides is 1. The molecular formula is C20H20ClFN4O4S2. The molecular weight excluding hydrogens is 479 g/mol. The molecule has 1 unspecified atom stereocenters. The van der Waals surface area contributed by atoms with E-state index in [0.29, 0.717) is 22.1 Å². The number of rotatable bonds is 6. The number of hydrogen-bond acceptors (Lipinski definition) is 8. The molecule has 3 heterocycles. The summed E-state index contributed by atoms with van der Waals surface area (Å²) in [6.07, 6.45) is 1.86. The molecule has 12 heteroatoms. The lowest BCUT2D eigenvalue weighted by Gasteiger charge is -2.31. The largest absolute Gasteiger partial charge is 0.466 e. The van der Waals surface area contributed by atoms with Crippen LogP contribution < -0.4 is 4.72 Å². The first kappa shape index (κ1) is 22.8. The van der Waals surface area contributed by atoms with Crippen molar-refractivity contribution in [3.05, 3.63) is 62.5 Å². The summed E-state index contributed by atoms with van der Waals surface area (Å²) in [4.78, 5) is 23.7. The number of thiazole rings is 1. The highest BCUT2D eigenvalue weighted by atomic mass is 35.5. The molecule has 4 rings (SSSR count). The Bertz CT molecular complexity index is 1210. The van der Waals surface area contributed by atoms with Crippen LogP contribution in [0.4, 0.5) is 4.39 Å². The molecule has 170 valence electrons. The van der Waals surface area contributed by atoms with Gasteiger partial charge in [-0.15, -0.1) is 11.3 Å². The SMILES string of the molecule is CCS(=O)(=O)N[C@H]1CC2=C(C(=O)OC)C(c3cccc(F)c3Cl)N=C(c3nccs3)N2C1.